The van der Waals surface area contributed by atoms with E-state index in [4.69, 9.17) is 14.5 Å². The van der Waals surface area contributed by atoms with Crippen molar-refractivity contribution in [3.8, 4) is 0 Å². The van der Waals surface area contributed by atoms with Crippen molar-refractivity contribution in [3.63, 3.8) is 0 Å². The maximum Gasteiger partial charge on any atom is 0.191 e. The second kappa shape index (κ2) is 13.1. The van der Waals surface area contributed by atoms with Crippen LogP contribution in [0.2, 0.25) is 0 Å². The van der Waals surface area contributed by atoms with Gasteiger partial charge in [0, 0.05) is 31.9 Å². The van der Waals surface area contributed by atoms with Crippen molar-refractivity contribution in [2.45, 2.75) is 60.2 Å². The van der Waals surface area contributed by atoms with Crippen LogP contribution in [0.1, 0.15) is 48.8 Å². The Labute approximate surface area is 187 Å². The first kappa shape index (κ1) is 24.9. The molecule has 0 fully saturated rings. The van der Waals surface area contributed by atoms with Crippen LogP contribution in [-0.2, 0) is 36.1 Å². The summed E-state index contributed by atoms with van der Waals surface area (Å²) in [7, 11) is 1.99. The molecule has 0 saturated carbocycles. The lowest BCUT2D eigenvalue weighted by atomic mass is 10.1. The van der Waals surface area contributed by atoms with Crippen molar-refractivity contribution in [2.24, 2.45) is 12.0 Å². The average Bonchev–Trinajstić information content (AvgIpc) is 2.98. The zero-order chi connectivity index (χ0) is 22.6. The Kier molecular flexibility index (Phi) is 10.5. The molecule has 7 nitrogen and oxygen atoms in total. The van der Waals surface area contributed by atoms with Gasteiger partial charge in [-0.15, -0.1) is 0 Å². The molecule has 7 heteroatoms. The van der Waals surface area contributed by atoms with Gasteiger partial charge in [0.25, 0.3) is 0 Å². The highest BCUT2D eigenvalue weighted by molar-refractivity contribution is 5.80. The van der Waals surface area contributed by atoms with E-state index < -0.39 is 0 Å². The van der Waals surface area contributed by atoms with Gasteiger partial charge in [-0.2, -0.15) is 5.10 Å². The van der Waals surface area contributed by atoms with Crippen molar-refractivity contribution >= 4 is 5.96 Å². The second-order valence-electron chi connectivity index (χ2n) is 7.79. The number of hydrogen-bond donors (Lipinski definition) is 2. The number of aryl methyl sites for hydroxylation is 2. The van der Waals surface area contributed by atoms with Crippen LogP contribution in [0.5, 0.6) is 0 Å². The number of nitrogens with zero attached hydrogens (tertiary/aromatic N) is 3. The molecule has 1 unspecified atom stereocenters. The van der Waals surface area contributed by atoms with E-state index in [0.717, 1.165) is 42.4 Å². The van der Waals surface area contributed by atoms with Gasteiger partial charge in [0.1, 0.15) is 0 Å². The van der Waals surface area contributed by atoms with Crippen molar-refractivity contribution in [1.29, 1.82) is 0 Å². The molecular formula is C24H39N5O2. The summed E-state index contributed by atoms with van der Waals surface area (Å²) in [6, 6.07) is 8.63. The number of aliphatic imine (C=N–C) groups is 1. The van der Waals surface area contributed by atoms with Gasteiger partial charge in [-0.25, -0.2) is 4.99 Å². The summed E-state index contributed by atoms with van der Waals surface area (Å²) in [4.78, 5) is 4.79. The summed E-state index contributed by atoms with van der Waals surface area (Å²) in [6.07, 6.45) is 0.907. The van der Waals surface area contributed by atoms with Crippen molar-refractivity contribution in [1.82, 2.24) is 20.4 Å². The molecule has 0 bridgehead atoms. The Bertz CT molecular complexity index is 831. The van der Waals surface area contributed by atoms with Crippen molar-refractivity contribution in [2.75, 3.05) is 26.4 Å². The fraction of sp³-hybridized carbons (Fsp3) is 0.583. The number of hydrogen-bond acceptors (Lipinski definition) is 4. The van der Waals surface area contributed by atoms with Gasteiger partial charge in [-0.1, -0.05) is 24.3 Å². The number of benzene rings is 1. The van der Waals surface area contributed by atoms with Gasteiger partial charge >= 0.3 is 0 Å². The van der Waals surface area contributed by atoms with Gasteiger partial charge in [0.15, 0.2) is 5.96 Å². The summed E-state index contributed by atoms with van der Waals surface area (Å²) in [5.74, 6) is 0.826. The molecule has 0 radical (unpaired) electrons. The molecule has 0 amide bonds. The van der Waals surface area contributed by atoms with Gasteiger partial charge in [0.05, 0.1) is 32.1 Å². The summed E-state index contributed by atoms with van der Waals surface area (Å²) in [6.45, 7) is 14.4. The average molecular weight is 430 g/mol. The molecular weight excluding hydrogens is 390 g/mol. The molecule has 0 aliphatic rings. The van der Waals surface area contributed by atoms with E-state index in [9.17, 15) is 0 Å². The molecule has 31 heavy (non-hydrogen) atoms. The minimum Gasteiger partial charge on any atom is -0.379 e. The largest absolute Gasteiger partial charge is 0.379 e. The lowest BCUT2D eigenvalue weighted by Gasteiger charge is -2.18. The fourth-order valence-electron chi connectivity index (χ4n) is 3.46. The van der Waals surface area contributed by atoms with Crippen molar-refractivity contribution < 1.29 is 9.47 Å². The maximum absolute atomic E-state index is 5.68. The van der Waals surface area contributed by atoms with Gasteiger partial charge in [-0.3, -0.25) is 4.68 Å². The highest BCUT2D eigenvalue weighted by Crippen LogP contribution is 2.14. The van der Waals surface area contributed by atoms with Crippen LogP contribution in [0.25, 0.3) is 0 Å². The first-order valence-electron chi connectivity index (χ1n) is 11.2. The lowest BCUT2D eigenvalue weighted by Crippen LogP contribution is -2.43. The molecule has 0 aliphatic heterocycles. The third-order valence-electron chi connectivity index (χ3n) is 5.15. The lowest BCUT2D eigenvalue weighted by molar-refractivity contribution is 0.0453. The zero-order valence-corrected chi connectivity index (χ0v) is 20.0. The van der Waals surface area contributed by atoms with Crippen LogP contribution in [0, 0.1) is 13.8 Å². The van der Waals surface area contributed by atoms with E-state index in [2.05, 4.69) is 67.7 Å². The Morgan fingerprint density at radius 3 is 2.58 bits per heavy atom. The number of nitrogens with one attached hydrogen (secondary N) is 2. The zero-order valence-electron chi connectivity index (χ0n) is 20.0. The maximum atomic E-state index is 5.68. The molecule has 1 heterocycles. The SMILES string of the molecule is CCNC(=NCc1cccc(COCCOCC)c1)NC(C)Cc1c(C)nn(C)c1C. The Morgan fingerprint density at radius 2 is 1.90 bits per heavy atom. The highest BCUT2D eigenvalue weighted by Gasteiger charge is 2.14. The number of aromatic nitrogens is 2. The third-order valence-corrected chi connectivity index (χ3v) is 5.15. The van der Waals surface area contributed by atoms with E-state index >= 15 is 0 Å². The molecule has 0 aliphatic carbocycles. The van der Waals surface area contributed by atoms with Crippen LogP contribution >= 0.6 is 0 Å². The predicted octanol–water partition coefficient (Wildman–Crippen LogP) is 3.28. The smallest absolute Gasteiger partial charge is 0.191 e. The van der Waals surface area contributed by atoms with Gasteiger partial charge in [-0.05, 0) is 57.7 Å². The fourth-order valence-corrected chi connectivity index (χ4v) is 3.46. The molecule has 0 saturated heterocycles. The van der Waals surface area contributed by atoms with E-state index in [1.165, 1.54) is 11.3 Å². The van der Waals surface area contributed by atoms with Gasteiger partial charge in [0.2, 0.25) is 0 Å². The van der Waals surface area contributed by atoms with Crippen LogP contribution in [0.3, 0.4) is 0 Å². The summed E-state index contributed by atoms with van der Waals surface area (Å²) in [5, 5.41) is 11.4. The third kappa shape index (κ3) is 8.34. The second-order valence-corrected chi connectivity index (χ2v) is 7.79. The van der Waals surface area contributed by atoms with Crippen LogP contribution in [0.15, 0.2) is 29.3 Å². The molecule has 2 aromatic rings. The van der Waals surface area contributed by atoms with E-state index in [1.807, 2.05) is 18.7 Å². The van der Waals surface area contributed by atoms with Crippen LogP contribution in [-0.4, -0.2) is 48.1 Å². The molecule has 1 atom stereocenters. The predicted molar refractivity (Wildman–Crippen MR) is 126 cm³/mol. The summed E-state index contributed by atoms with van der Waals surface area (Å²) in [5.41, 5.74) is 5.92. The Hall–Kier alpha value is -2.38. The Morgan fingerprint density at radius 1 is 1.16 bits per heavy atom. The summed E-state index contributed by atoms with van der Waals surface area (Å²) < 4.78 is 12.9. The van der Waals surface area contributed by atoms with Crippen LogP contribution < -0.4 is 10.6 Å². The Balaban J connectivity index is 1.93. The van der Waals surface area contributed by atoms with Gasteiger partial charge < -0.3 is 20.1 Å². The standard InChI is InChI=1S/C24H39N5O2/c1-7-25-24(27-18(3)14-23-19(4)28-29(6)20(23)5)26-16-21-10-9-11-22(15-21)17-31-13-12-30-8-2/h9-11,15,18H,7-8,12-14,16-17H2,1-6H3,(H2,25,26,27). The first-order valence-corrected chi connectivity index (χ1v) is 11.2. The minimum absolute atomic E-state index is 0.240. The van der Waals surface area contributed by atoms with Crippen LogP contribution in [0.4, 0.5) is 0 Å². The summed E-state index contributed by atoms with van der Waals surface area (Å²) >= 11 is 0. The molecule has 172 valence electrons. The number of guanidine groups is 1. The minimum atomic E-state index is 0.240. The monoisotopic (exact) mass is 429 g/mol. The first-order chi connectivity index (χ1) is 14.9. The molecule has 0 spiro atoms. The number of ether oxygens (including phenoxy) is 2. The molecule has 2 N–H and O–H groups in total. The van der Waals surface area contributed by atoms with E-state index in [0.29, 0.717) is 26.4 Å². The highest BCUT2D eigenvalue weighted by atomic mass is 16.5. The quantitative estimate of drug-likeness (QED) is 0.308. The molecule has 1 aromatic carbocycles. The molecule has 2 rings (SSSR count). The molecule has 1 aromatic heterocycles. The van der Waals surface area contributed by atoms with E-state index in [1.54, 1.807) is 0 Å². The normalized spacial score (nSPS) is 12.8. The van der Waals surface area contributed by atoms with Crippen molar-refractivity contribution in [3.05, 3.63) is 52.3 Å². The van der Waals surface area contributed by atoms with E-state index in [-0.39, 0.29) is 6.04 Å². The topological polar surface area (TPSA) is 72.7 Å². The number of rotatable bonds is 12.